The molecule has 0 amide bonds. The second-order valence-electron chi connectivity index (χ2n) is 8.88. The highest BCUT2D eigenvalue weighted by molar-refractivity contribution is 6.36. The molecular formula is C23H25ClN10O2. The van der Waals surface area contributed by atoms with E-state index in [2.05, 4.69) is 42.7 Å². The fourth-order valence-electron chi connectivity index (χ4n) is 4.73. The maximum absolute atomic E-state index is 10.8. The maximum atomic E-state index is 10.8. The Morgan fingerprint density at radius 1 is 1.19 bits per heavy atom. The lowest BCUT2D eigenvalue weighted by Crippen LogP contribution is -2.62. The number of hydrogen-bond donors (Lipinski definition) is 4. The summed E-state index contributed by atoms with van der Waals surface area (Å²) < 4.78 is 1.39. The Morgan fingerprint density at radius 2 is 2.00 bits per heavy atom. The van der Waals surface area contributed by atoms with Crippen LogP contribution in [0.4, 0.5) is 23.1 Å². The van der Waals surface area contributed by atoms with Crippen molar-refractivity contribution in [3.8, 4) is 12.1 Å². The molecule has 5 rings (SSSR count). The van der Waals surface area contributed by atoms with Gasteiger partial charge in [-0.3, -0.25) is 4.90 Å². The zero-order valence-corrected chi connectivity index (χ0v) is 20.3. The van der Waals surface area contributed by atoms with Crippen molar-refractivity contribution < 1.29 is 10.2 Å². The predicted molar refractivity (Wildman–Crippen MR) is 133 cm³/mol. The number of nitriles is 2. The van der Waals surface area contributed by atoms with Gasteiger partial charge in [0.15, 0.2) is 17.2 Å². The molecule has 2 saturated heterocycles. The summed E-state index contributed by atoms with van der Waals surface area (Å²) in [5.74, 6) is 0.622. The van der Waals surface area contributed by atoms with E-state index in [0.29, 0.717) is 72.6 Å². The smallest absolute Gasteiger partial charge is 0.247 e. The fourth-order valence-corrected chi connectivity index (χ4v) is 5.01. The van der Waals surface area contributed by atoms with E-state index in [-0.39, 0.29) is 23.8 Å². The summed E-state index contributed by atoms with van der Waals surface area (Å²) in [4.78, 5) is 12.8. The van der Waals surface area contributed by atoms with Crippen LogP contribution in [0, 0.1) is 22.7 Å². The van der Waals surface area contributed by atoms with Crippen molar-refractivity contribution in [1.29, 1.82) is 10.5 Å². The van der Waals surface area contributed by atoms with Crippen molar-refractivity contribution in [1.82, 2.24) is 24.5 Å². The average molecular weight is 509 g/mol. The molecule has 0 aliphatic carbocycles. The summed E-state index contributed by atoms with van der Waals surface area (Å²) in [6, 6.07) is 7.51. The van der Waals surface area contributed by atoms with Gasteiger partial charge in [-0.25, -0.2) is 4.98 Å². The maximum Gasteiger partial charge on any atom is 0.247 e. The Balaban J connectivity index is 1.45. The highest BCUT2D eigenvalue weighted by Gasteiger charge is 2.38. The van der Waals surface area contributed by atoms with Crippen LogP contribution in [0.15, 0.2) is 18.3 Å². The van der Waals surface area contributed by atoms with Crippen molar-refractivity contribution >= 4 is 40.4 Å². The molecule has 2 aromatic heterocycles. The first-order chi connectivity index (χ1) is 17.4. The van der Waals surface area contributed by atoms with Crippen LogP contribution in [0.1, 0.15) is 24.6 Å². The number of fused-ring (bicyclic) bond motifs is 1. The van der Waals surface area contributed by atoms with Gasteiger partial charge in [-0.15, -0.1) is 5.10 Å². The number of aliphatic hydroxyl groups excluding tert-OH is 2. The molecule has 0 unspecified atom stereocenters. The molecule has 0 spiro atoms. The SMILES string of the molecule is CCNc1nc(Nc2cc(C#N)cc(N3CC[C@@H](N4CC(O)C4)[C@H](O)C3)c2Cl)nn2c(C#N)cnc12. The molecule has 0 radical (unpaired) electrons. The number of halogens is 1. The van der Waals surface area contributed by atoms with E-state index in [1.165, 1.54) is 10.7 Å². The normalized spacial score (nSPS) is 20.6. The molecular weight excluding hydrogens is 484 g/mol. The lowest BCUT2D eigenvalue weighted by Gasteiger charge is -2.48. The third kappa shape index (κ3) is 4.36. The number of nitrogens with one attached hydrogen (secondary N) is 2. The Labute approximate surface area is 212 Å². The van der Waals surface area contributed by atoms with Crippen LogP contribution < -0.4 is 15.5 Å². The minimum atomic E-state index is -0.622. The third-order valence-corrected chi connectivity index (χ3v) is 6.89. The van der Waals surface area contributed by atoms with Crippen LogP contribution in [-0.2, 0) is 0 Å². The molecule has 36 heavy (non-hydrogen) atoms. The molecule has 2 atom stereocenters. The van der Waals surface area contributed by atoms with E-state index in [1.807, 2.05) is 11.8 Å². The number of anilines is 4. The predicted octanol–water partition coefficient (Wildman–Crippen LogP) is 1.31. The number of aromatic nitrogens is 4. The molecule has 186 valence electrons. The van der Waals surface area contributed by atoms with E-state index < -0.39 is 6.10 Å². The molecule has 12 nitrogen and oxygen atoms in total. The van der Waals surface area contributed by atoms with Gasteiger partial charge in [0.25, 0.3) is 0 Å². The van der Waals surface area contributed by atoms with Crippen LogP contribution >= 0.6 is 11.6 Å². The number of imidazole rings is 1. The first-order valence-electron chi connectivity index (χ1n) is 11.7. The zero-order valence-electron chi connectivity index (χ0n) is 19.6. The largest absolute Gasteiger partial charge is 0.390 e. The van der Waals surface area contributed by atoms with E-state index in [4.69, 9.17) is 11.6 Å². The van der Waals surface area contributed by atoms with E-state index in [0.717, 1.165) is 0 Å². The highest BCUT2D eigenvalue weighted by atomic mass is 35.5. The van der Waals surface area contributed by atoms with Gasteiger partial charge in [0.1, 0.15) is 6.07 Å². The summed E-state index contributed by atoms with van der Waals surface area (Å²) in [6.45, 7) is 4.63. The Kier molecular flexibility index (Phi) is 6.51. The van der Waals surface area contributed by atoms with Gasteiger partial charge in [-0.05, 0) is 25.5 Å². The molecule has 2 aliphatic heterocycles. The molecule has 0 saturated carbocycles. The molecule has 4 N–H and O–H groups in total. The van der Waals surface area contributed by atoms with E-state index >= 15 is 0 Å². The Bertz CT molecular complexity index is 1370. The van der Waals surface area contributed by atoms with Crippen LogP contribution in [0.5, 0.6) is 0 Å². The van der Waals surface area contributed by atoms with Crippen molar-refractivity contribution in [3.05, 3.63) is 34.6 Å². The van der Waals surface area contributed by atoms with E-state index in [1.54, 1.807) is 12.1 Å². The molecule has 3 aromatic rings. The molecule has 13 heteroatoms. The van der Waals surface area contributed by atoms with Crippen LogP contribution in [0.3, 0.4) is 0 Å². The van der Waals surface area contributed by atoms with Crippen LogP contribution in [0.25, 0.3) is 5.65 Å². The molecule has 1 aromatic carbocycles. The molecule has 4 heterocycles. The lowest BCUT2D eigenvalue weighted by atomic mass is 9.95. The van der Waals surface area contributed by atoms with Crippen molar-refractivity contribution in [3.63, 3.8) is 0 Å². The average Bonchev–Trinajstić information content (AvgIpc) is 3.27. The number of nitrogens with zero attached hydrogens (tertiary/aromatic N) is 8. The van der Waals surface area contributed by atoms with Crippen LogP contribution in [0.2, 0.25) is 5.02 Å². The van der Waals surface area contributed by atoms with Crippen molar-refractivity contribution in [2.45, 2.75) is 31.6 Å². The summed E-state index contributed by atoms with van der Waals surface area (Å²) >= 11 is 6.80. The van der Waals surface area contributed by atoms with Gasteiger partial charge in [-0.1, -0.05) is 11.6 Å². The number of piperidine rings is 1. The lowest BCUT2D eigenvalue weighted by molar-refractivity contribution is -0.0650. The highest BCUT2D eigenvalue weighted by Crippen LogP contribution is 2.38. The summed E-state index contributed by atoms with van der Waals surface area (Å²) in [6.07, 6.45) is 1.18. The first kappa shape index (κ1) is 24.0. The Morgan fingerprint density at radius 3 is 2.67 bits per heavy atom. The topological polar surface area (TPSA) is 162 Å². The third-order valence-electron chi connectivity index (χ3n) is 6.50. The number of β-amino-alcohol motifs (C(OH)–C–C–N with tert-alkyl or cyclic N) is 2. The zero-order chi connectivity index (χ0) is 25.4. The number of benzene rings is 1. The fraction of sp³-hybridized carbons (Fsp3) is 0.435. The number of aliphatic hydroxyl groups is 2. The molecule has 2 fully saturated rings. The van der Waals surface area contributed by atoms with Crippen molar-refractivity contribution in [2.24, 2.45) is 0 Å². The molecule has 0 bridgehead atoms. The molecule has 2 aliphatic rings. The van der Waals surface area contributed by atoms with Gasteiger partial charge in [0.05, 0.1) is 46.4 Å². The van der Waals surface area contributed by atoms with Crippen LogP contribution in [-0.4, -0.2) is 85.7 Å². The summed E-state index contributed by atoms with van der Waals surface area (Å²) in [7, 11) is 0. The monoisotopic (exact) mass is 508 g/mol. The summed E-state index contributed by atoms with van der Waals surface area (Å²) in [5, 5.41) is 50.5. The number of rotatable bonds is 6. The first-order valence-corrected chi connectivity index (χ1v) is 12.0. The summed E-state index contributed by atoms with van der Waals surface area (Å²) in [5.41, 5.74) is 2.09. The van der Waals surface area contributed by atoms with Gasteiger partial charge < -0.3 is 25.7 Å². The van der Waals surface area contributed by atoms with E-state index in [9.17, 15) is 20.7 Å². The number of likely N-dealkylation sites (tertiary alicyclic amines) is 1. The quantitative estimate of drug-likeness (QED) is 0.379. The van der Waals surface area contributed by atoms with Gasteiger partial charge in [0, 0.05) is 38.8 Å². The Hall–Kier alpha value is -3.68. The minimum absolute atomic E-state index is 0.0192. The van der Waals surface area contributed by atoms with Crippen molar-refractivity contribution in [2.75, 3.05) is 48.3 Å². The van der Waals surface area contributed by atoms with Gasteiger partial charge in [-0.2, -0.15) is 20.0 Å². The second kappa shape index (κ2) is 9.76. The van der Waals surface area contributed by atoms with Gasteiger partial charge >= 0.3 is 0 Å². The standard InChI is InChI=1S/C23H25ClN10O2/c1-2-27-21-22-28-9-14(8-26)34(22)31-23(30-21)29-16-5-13(7-25)6-18(20(16)24)32-4-3-17(19(36)12-32)33-10-15(35)11-33/h5-6,9,15,17,19,35-36H,2-4,10-12H2,1H3,(H2,27,29,30,31)/t17-,19-/m1/s1. The minimum Gasteiger partial charge on any atom is -0.390 e. The second-order valence-corrected chi connectivity index (χ2v) is 9.25. The number of hydrogen-bond acceptors (Lipinski definition) is 11. The van der Waals surface area contributed by atoms with Gasteiger partial charge in [0.2, 0.25) is 5.95 Å².